The predicted molar refractivity (Wildman–Crippen MR) is 80.7 cm³/mol. The van der Waals surface area contributed by atoms with Crippen molar-refractivity contribution in [3.63, 3.8) is 0 Å². The van der Waals surface area contributed by atoms with Crippen molar-refractivity contribution in [2.24, 2.45) is 11.8 Å². The molecule has 0 amide bonds. The van der Waals surface area contributed by atoms with Crippen molar-refractivity contribution in [3.05, 3.63) is 0 Å². The monoisotopic (exact) mass is 281 g/mol. The van der Waals surface area contributed by atoms with Crippen molar-refractivity contribution >= 4 is 0 Å². The number of likely N-dealkylation sites (tertiary alicyclic amines) is 1. The Balaban J connectivity index is 1.60. The number of hydrogen-bond acceptors (Lipinski definition) is 3. The second-order valence-corrected chi connectivity index (χ2v) is 7.32. The van der Waals surface area contributed by atoms with Crippen LogP contribution in [0.2, 0.25) is 0 Å². The highest BCUT2D eigenvalue weighted by molar-refractivity contribution is 4.98. The molecule has 2 heterocycles. The zero-order valence-corrected chi connectivity index (χ0v) is 13.0. The Kier molecular flexibility index (Phi) is 4.68. The van der Waals surface area contributed by atoms with Gasteiger partial charge in [0.1, 0.15) is 0 Å². The van der Waals surface area contributed by atoms with E-state index in [1.165, 1.54) is 32.1 Å². The minimum absolute atomic E-state index is 0.404. The molecule has 3 nitrogen and oxygen atoms in total. The van der Waals surface area contributed by atoms with Crippen LogP contribution in [-0.2, 0) is 4.74 Å². The lowest BCUT2D eigenvalue weighted by Gasteiger charge is -2.50. The van der Waals surface area contributed by atoms with Crippen molar-refractivity contribution in [1.29, 1.82) is 0 Å². The van der Waals surface area contributed by atoms with E-state index in [1.807, 2.05) is 0 Å². The summed E-state index contributed by atoms with van der Waals surface area (Å²) in [6.07, 6.45) is 10.0. The first-order chi connectivity index (χ1) is 9.70. The molecule has 1 N–H and O–H groups in total. The highest BCUT2D eigenvalue weighted by Gasteiger charge is 2.46. The average Bonchev–Trinajstić information content (AvgIpc) is 2.52. The van der Waals surface area contributed by atoms with E-state index >= 15 is 0 Å². The standard InChI is InChI=1S/C17H31NO2/c1-14-13-18(16-5-3-2-4-6-16)10-9-17(14,19)15-7-11-20-12-8-15/h14-16,19H,2-13H2,1H3/t14-,17+/m1/s1. The third-order valence-corrected chi connectivity index (χ3v) is 6.18. The van der Waals surface area contributed by atoms with Crippen molar-refractivity contribution < 1.29 is 9.84 Å². The number of ether oxygens (including phenoxy) is 1. The van der Waals surface area contributed by atoms with E-state index in [0.717, 1.165) is 51.6 Å². The van der Waals surface area contributed by atoms with Gasteiger partial charge in [0, 0.05) is 32.3 Å². The smallest absolute Gasteiger partial charge is 0.0727 e. The van der Waals surface area contributed by atoms with E-state index in [1.54, 1.807) is 0 Å². The zero-order chi connectivity index (χ0) is 14.0. The largest absolute Gasteiger partial charge is 0.389 e. The van der Waals surface area contributed by atoms with E-state index in [2.05, 4.69) is 11.8 Å². The molecule has 20 heavy (non-hydrogen) atoms. The third kappa shape index (κ3) is 2.90. The van der Waals surface area contributed by atoms with Crippen LogP contribution in [0.1, 0.15) is 58.3 Å². The first-order valence-corrected chi connectivity index (χ1v) is 8.74. The Labute approximate surface area is 123 Å². The molecular weight excluding hydrogens is 250 g/mol. The van der Waals surface area contributed by atoms with Gasteiger partial charge in [-0.05, 0) is 43.9 Å². The summed E-state index contributed by atoms with van der Waals surface area (Å²) in [5, 5.41) is 11.2. The van der Waals surface area contributed by atoms with E-state index in [0.29, 0.717) is 11.8 Å². The molecule has 1 saturated carbocycles. The molecule has 3 aliphatic rings. The van der Waals surface area contributed by atoms with E-state index in [9.17, 15) is 5.11 Å². The molecule has 0 aromatic rings. The molecule has 2 atom stereocenters. The molecule has 0 radical (unpaired) electrons. The maximum Gasteiger partial charge on any atom is 0.0727 e. The lowest BCUT2D eigenvalue weighted by atomic mass is 9.69. The summed E-state index contributed by atoms with van der Waals surface area (Å²) in [7, 11) is 0. The lowest BCUT2D eigenvalue weighted by Crippen LogP contribution is -2.57. The van der Waals surface area contributed by atoms with Crippen LogP contribution in [0.3, 0.4) is 0 Å². The van der Waals surface area contributed by atoms with Crippen LogP contribution in [0.15, 0.2) is 0 Å². The topological polar surface area (TPSA) is 32.7 Å². The maximum atomic E-state index is 11.2. The van der Waals surface area contributed by atoms with Crippen molar-refractivity contribution in [1.82, 2.24) is 4.90 Å². The van der Waals surface area contributed by atoms with E-state index in [-0.39, 0.29) is 0 Å². The van der Waals surface area contributed by atoms with Crippen LogP contribution < -0.4 is 0 Å². The van der Waals surface area contributed by atoms with Gasteiger partial charge in [0.15, 0.2) is 0 Å². The minimum atomic E-state index is -0.436. The minimum Gasteiger partial charge on any atom is -0.389 e. The lowest BCUT2D eigenvalue weighted by molar-refractivity contribution is -0.136. The third-order valence-electron chi connectivity index (χ3n) is 6.18. The van der Waals surface area contributed by atoms with Gasteiger partial charge in [-0.2, -0.15) is 0 Å². The van der Waals surface area contributed by atoms with Crippen molar-refractivity contribution in [2.75, 3.05) is 26.3 Å². The number of aliphatic hydroxyl groups is 1. The fraction of sp³-hybridized carbons (Fsp3) is 1.00. The van der Waals surface area contributed by atoms with E-state index < -0.39 is 5.60 Å². The van der Waals surface area contributed by atoms with Gasteiger partial charge in [0.2, 0.25) is 0 Å². The molecule has 0 bridgehead atoms. The van der Waals surface area contributed by atoms with Gasteiger partial charge in [-0.1, -0.05) is 26.2 Å². The first-order valence-electron chi connectivity index (χ1n) is 8.74. The summed E-state index contributed by atoms with van der Waals surface area (Å²) in [6, 6.07) is 0.797. The van der Waals surface area contributed by atoms with Crippen LogP contribution in [0.5, 0.6) is 0 Å². The normalized spacial score (nSPS) is 39.0. The molecule has 3 heteroatoms. The average molecular weight is 281 g/mol. The van der Waals surface area contributed by atoms with Gasteiger partial charge >= 0.3 is 0 Å². The van der Waals surface area contributed by atoms with Crippen LogP contribution in [0.25, 0.3) is 0 Å². The molecule has 2 saturated heterocycles. The highest BCUT2D eigenvalue weighted by Crippen LogP contribution is 2.40. The molecule has 2 aliphatic heterocycles. The molecule has 0 spiro atoms. The molecule has 3 fully saturated rings. The van der Waals surface area contributed by atoms with Crippen LogP contribution in [0, 0.1) is 11.8 Å². The quantitative estimate of drug-likeness (QED) is 0.845. The molecule has 0 unspecified atom stereocenters. The highest BCUT2D eigenvalue weighted by atomic mass is 16.5. The van der Waals surface area contributed by atoms with Crippen LogP contribution >= 0.6 is 0 Å². The summed E-state index contributed by atoms with van der Waals surface area (Å²) in [4.78, 5) is 2.68. The molecule has 0 aromatic heterocycles. The van der Waals surface area contributed by atoms with Crippen LogP contribution in [-0.4, -0.2) is 48.0 Å². The zero-order valence-electron chi connectivity index (χ0n) is 13.0. The molecule has 3 rings (SSSR count). The Morgan fingerprint density at radius 2 is 1.75 bits per heavy atom. The SMILES string of the molecule is C[C@@H]1CN(C2CCCCC2)CC[C@@]1(O)C1CCOCC1. The van der Waals surface area contributed by atoms with Crippen molar-refractivity contribution in [2.45, 2.75) is 69.9 Å². The maximum absolute atomic E-state index is 11.2. The second kappa shape index (κ2) is 6.33. The second-order valence-electron chi connectivity index (χ2n) is 7.32. The van der Waals surface area contributed by atoms with Gasteiger partial charge in [-0.25, -0.2) is 0 Å². The summed E-state index contributed by atoms with van der Waals surface area (Å²) in [5.74, 6) is 0.862. The van der Waals surface area contributed by atoms with Gasteiger partial charge in [0.25, 0.3) is 0 Å². The first kappa shape index (κ1) is 14.8. The Morgan fingerprint density at radius 3 is 2.40 bits per heavy atom. The predicted octanol–water partition coefficient (Wildman–Crippen LogP) is 2.82. The molecular formula is C17H31NO2. The fourth-order valence-electron chi connectivity index (χ4n) is 4.75. The summed E-state index contributed by atoms with van der Waals surface area (Å²) in [5.41, 5.74) is -0.436. The van der Waals surface area contributed by atoms with Gasteiger partial charge in [-0.15, -0.1) is 0 Å². The van der Waals surface area contributed by atoms with Gasteiger partial charge in [-0.3, -0.25) is 4.90 Å². The van der Waals surface area contributed by atoms with Gasteiger partial charge in [0.05, 0.1) is 5.60 Å². The fourth-order valence-corrected chi connectivity index (χ4v) is 4.75. The van der Waals surface area contributed by atoms with Crippen molar-refractivity contribution in [3.8, 4) is 0 Å². The number of piperidine rings is 1. The summed E-state index contributed by atoms with van der Waals surface area (Å²) in [6.45, 7) is 6.14. The number of rotatable bonds is 2. The summed E-state index contributed by atoms with van der Waals surface area (Å²) >= 11 is 0. The van der Waals surface area contributed by atoms with Crippen LogP contribution in [0.4, 0.5) is 0 Å². The number of nitrogens with zero attached hydrogens (tertiary/aromatic N) is 1. The van der Waals surface area contributed by atoms with Gasteiger partial charge < -0.3 is 9.84 Å². The Morgan fingerprint density at radius 1 is 1.05 bits per heavy atom. The number of hydrogen-bond donors (Lipinski definition) is 1. The molecule has 0 aromatic carbocycles. The molecule has 1 aliphatic carbocycles. The Bertz CT molecular complexity index is 310. The van der Waals surface area contributed by atoms with E-state index in [4.69, 9.17) is 4.74 Å². The summed E-state index contributed by atoms with van der Waals surface area (Å²) < 4.78 is 5.47. The molecule has 116 valence electrons. The Hall–Kier alpha value is -0.120.